The SMILES string of the molecule is CCOC(=O)COCCOCCOCCOCCOc1cc([N+](=O)[O-])cc(C)c1OC. The fourth-order valence-corrected chi connectivity index (χ4v) is 2.43. The zero-order valence-electron chi connectivity index (χ0n) is 18.3. The largest absolute Gasteiger partial charge is 0.493 e. The van der Waals surface area contributed by atoms with Crippen LogP contribution in [0.2, 0.25) is 0 Å². The number of aryl methyl sites for hydroxylation is 1. The Morgan fingerprint density at radius 3 is 2.00 bits per heavy atom. The first-order valence-electron chi connectivity index (χ1n) is 9.92. The van der Waals surface area contributed by atoms with Gasteiger partial charge in [-0.15, -0.1) is 0 Å². The van der Waals surface area contributed by atoms with Crippen LogP contribution < -0.4 is 9.47 Å². The summed E-state index contributed by atoms with van der Waals surface area (Å²) >= 11 is 0. The molecule has 0 saturated heterocycles. The Kier molecular flexibility index (Phi) is 13.9. The van der Waals surface area contributed by atoms with Gasteiger partial charge in [-0.05, 0) is 13.8 Å². The minimum absolute atomic E-state index is 0.0598. The van der Waals surface area contributed by atoms with Gasteiger partial charge in [0, 0.05) is 11.6 Å². The number of hydrogen-bond donors (Lipinski definition) is 0. The molecule has 0 atom stereocenters. The van der Waals surface area contributed by atoms with Crippen LogP contribution >= 0.6 is 0 Å². The van der Waals surface area contributed by atoms with Crippen LogP contribution in [0.15, 0.2) is 12.1 Å². The Morgan fingerprint density at radius 1 is 0.935 bits per heavy atom. The van der Waals surface area contributed by atoms with E-state index in [1.807, 2.05) is 0 Å². The van der Waals surface area contributed by atoms with Gasteiger partial charge in [-0.2, -0.15) is 0 Å². The molecule has 0 bridgehead atoms. The van der Waals surface area contributed by atoms with Crippen LogP contribution in [-0.2, 0) is 28.5 Å². The zero-order valence-corrected chi connectivity index (χ0v) is 18.3. The summed E-state index contributed by atoms with van der Waals surface area (Å²) in [5.41, 5.74) is 0.559. The van der Waals surface area contributed by atoms with Crippen LogP contribution in [0.1, 0.15) is 12.5 Å². The number of benzene rings is 1. The number of esters is 1. The quantitative estimate of drug-likeness (QED) is 0.143. The van der Waals surface area contributed by atoms with Crippen molar-refractivity contribution in [2.75, 3.05) is 73.2 Å². The minimum Gasteiger partial charge on any atom is -0.493 e. The van der Waals surface area contributed by atoms with Crippen LogP contribution in [0.5, 0.6) is 11.5 Å². The average Bonchev–Trinajstić information content (AvgIpc) is 2.73. The standard InChI is InChI=1S/C20H31NO10/c1-4-30-19(22)15-29-10-9-27-6-5-26-7-8-28-11-12-31-18-14-17(21(23)24)13-16(2)20(18)25-3/h13-14H,4-12,15H2,1-3H3. The number of nitro groups is 1. The van der Waals surface area contributed by atoms with Crippen molar-refractivity contribution in [1.82, 2.24) is 0 Å². The lowest BCUT2D eigenvalue weighted by Crippen LogP contribution is -2.16. The summed E-state index contributed by atoms with van der Waals surface area (Å²) in [6, 6.07) is 2.76. The third-order valence-electron chi connectivity index (χ3n) is 3.77. The predicted molar refractivity (Wildman–Crippen MR) is 110 cm³/mol. The molecule has 1 aromatic carbocycles. The molecular weight excluding hydrogens is 414 g/mol. The van der Waals surface area contributed by atoms with Gasteiger partial charge >= 0.3 is 5.97 Å². The van der Waals surface area contributed by atoms with Gasteiger partial charge in [0.1, 0.15) is 13.2 Å². The van der Waals surface area contributed by atoms with E-state index >= 15 is 0 Å². The molecule has 176 valence electrons. The van der Waals surface area contributed by atoms with E-state index in [1.165, 1.54) is 19.2 Å². The van der Waals surface area contributed by atoms with E-state index in [0.29, 0.717) is 69.9 Å². The number of rotatable bonds is 18. The molecule has 0 amide bonds. The van der Waals surface area contributed by atoms with Crippen LogP contribution in [0, 0.1) is 17.0 Å². The maximum absolute atomic E-state index is 11.0. The van der Waals surface area contributed by atoms with Crippen molar-refractivity contribution < 1.29 is 42.9 Å². The second kappa shape index (κ2) is 16.3. The highest BCUT2D eigenvalue weighted by Crippen LogP contribution is 2.35. The summed E-state index contributed by atoms with van der Waals surface area (Å²) in [5.74, 6) is 0.369. The molecule has 0 N–H and O–H groups in total. The Morgan fingerprint density at radius 2 is 1.48 bits per heavy atom. The molecule has 0 unspecified atom stereocenters. The van der Waals surface area contributed by atoms with Crippen molar-refractivity contribution in [2.45, 2.75) is 13.8 Å². The van der Waals surface area contributed by atoms with Gasteiger partial charge < -0.3 is 33.2 Å². The van der Waals surface area contributed by atoms with E-state index in [-0.39, 0.29) is 18.9 Å². The lowest BCUT2D eigenvalue weighted by Gasteiger charge is -2.13. The Hall–Kier alpha value is -2.47. The van der Waals surface area contributed by atoms with Crippen LogP contribution in [0.25, 0.3) is 0 Å². The average molecular weight is 445 g/mol. The van der Waals surface area contributed by atoms with E-state index in [4.69, 9.17) is 33.2 Å². The molecule has 11 nitrogen and oxygen atoms in total. The van der Waals surface area contributed by atoms with Gasteiger partial charge in [0.05, 0.1) is 71.0 Å². The summed E-state index contributed by atoms with van der Waals surface area (Å²) < 4.78 is 36.7. The van der Waals surface area contributed by atoms with E-state index in [9.17, 15) is 14.9 Å². The lowest BCUT2D eigenvalue weighted by molar-refractivity contribution is -0.385. The Balaban J connectivity index is 2.03. The number of non-ortho nitro benzene ring substituents is 1. The molecule has 0 aliphatic rings. The van der Waals surface area contributed by atoms with Crippen molar-refractivity contribution in [3.05, 3.63) is 27.8 Å². The second-order valence-electron chi connectivity index (χ2n) is 6.09. The normalized spacial score (nSPS) is 10.7. The summed E-state index contributed by atoms with van der Waals surface area (Å²) in [5, 5.41) is 11.0. The van der Waals surface area contributed by atoms with E-state index in [0.717, 1.165) is 0 Å². The molecule has 1 rings (SSSR count). The first-order valence-corrected chi connectivity index (χ1v) is 9.92. The third kappa shape index (κ3) is 11.5. The molecule has 1 aromatic rings. The monoisotopic (exact) mass is 445 g/mol. The van der Waals surface area contributed by atoms with Crippen LogP contribution in [0.3, 0.4) is 0 Å². The summed E-state index contributed by atoms with van der Waals surface area (Å²) in [7, 11) is 1.48. The number of carbonyl (C=O) groups is 1. The summed E-state index contributed by atoms with van der Waals surface area (Å²) in [6.07, 6.45) is 0. The van der Waals surface area contributed by atoms with Crippen molar-refractivity contribution in [3.8, 4) is 11.5 Å². The number of carbonyl (C=O) groups excluding carboxylic acids is 1. The molecule has 0 aliphatic heterocycles. The molecule has 11 heteroatoms. The number of methoxy groups -OCH3 is 1. The Labute approximate surface area is 181 Å². The molecule has 0 spiro atoms. The van der Waals surface area contributed by atoms with Crippen LogP contribution in [-0.4, -0.2) is 84.1 Å². The van der Waals surface area contributed by atoms with E-state index in [2.05, 4.69) is 0 Å². The molecule has 0 aromatic heterocycles. The number of ether oxygens (including phenoxy) is 7. The predicted octanol–water partition coefficient (Wildman–Crippen LogP) is 1.92. The molecule has 0 radical (unpaired) electrons. The summed E-state index contributed by atoms with van der Waals surface area (Å²) in [6.45, 7) is 6.44. The highest BCUT2D eigenvalue weighted by Gasteiger charge is 2.16. The molecule has 0 fully saturated rings. The lowest BCUT2D eigenvalue weighted by atomic mass is 10.2. The van der Waals surface area contributed by atoms with Gasteiger partial charge in [0.15, 0.2) is 11.5 Å². The van der Waals surface area contributed by atoms with Crippen molar-refractivity contribution in [2.24, 2.45) is 0 Å². The molecule has 0 heterocycles. The van der Waals surface area contributed by atoms with E-state index in [1.54, 1.807) is 13.8 Å². The summed E-state index contributed by atoms with van der Waals surface area (Å²) in [4.78, 5) is 21.5. The first kappa shape index (κ1) is 26.6. The van der Waals surface area contributed by atoms with Gasteiger partial charge in [-0.3, -0.25) is 10.1 Å². The van der Waals surface area contributed by atoms with E-state index < -0.39 is 10.9 Å². The minimum atomic E-state index is -0.479. The van der Waals surface area contributed by atoms with Gasteiger partial charge in [-0.25, -0.2) is 4.79 Å². The zero-order chi connectivity index (χ0) is 22.9. The number of nitrogens with zero attached hydrogens (tertiary/aromatic N) is 1. The van der Waals surface area contributed by atoms with Crippen molar-refractivity contribution in [3.63, 3.8) is 0 Å². The maximum Gasteiger partial charge on any atom is 0.332 e. The van der Waals surface area contributed by atoms with Crippen molar-refractivity contribution in [1.29, 1.82) is 0 Å². The molecule has 31 heavy (non-hydrogen) atoms. The number of hydrogen-bond acceptors (Lipinski definition) is 10. The highest BCUT2D eigenvalue weighted by molar-refractivity contribution is 5.70. The van der Waals surface area contributed by atoms with Gasteiger partial charge in [0.25, 0.3) is 5.69 Å². The fourth-order valence-electron chi connectivity index (χ4n) is 2.43. The van der Waals surface area contributed by atoms with Gasteiger partial charge in [-0.1, -0.05) is 0 Å². The molecule has 0 aliphatic carbocycles. The van der Waals surface area contributed by atoms with Gasteiger partial charge in [0.2, 0.25) is 0 Å². The Bertz CT molecular complexity index is 668. The number of nitro benzene ring substituents is 1. The second-order valence-corrected chi connectivity index (χ2v) is 6.09. The van der Waals surface area contributed by atoms with Crippen LogP contribution in [0.4, 0.5) is 5.69 Å². The first-order chi connectivity index (χ1) is 15.0. The topological polar surface area (TPSA) is 125 Å². The fraction of sp³-hybridized carbons (Fsp3) is 0.650. The third-order valence-corrected chi connectivity index (χ3v) is 3.77. The molecule has 0 saturated carbocycles. The smallest absolute Gasteiger partial charge is 0.332 e. The highest BCUT2D eigenvalue weighted by atomic mass is 16.6. The maximum atomic E-state index is 11.0. The molecular formula is C20H31NO10. The van der Waals surface area contributed by atoms with Crippen molar-refractivity contribution >= 4 is 11.7 Å².